The van der Waals surface area contributed by atoms with Gasteiger partial charge in [-0.3, -0.25) is 0 Å². The van der Waals surface area contributed by atoms with Crippen LogP contribution in [0.3, 0.4) is 0 Å². The van der Waals surface area contributed by atoms with Crippen molar-refractivity contribution in [1.82, 2.24) is 5.32 Å². The Morgan fingerprint density at radius 1 is 1.29 bits per heavy atom. The van der Waals surface area contributed by atoms with Gasteiger partial charge in [0.25, 0.3) is 0 Å². The molecule has 3 heteroatoms. The molecular weight excluding hydrogens is 214 g/mol. The van der Waals surface area contributed by atoms with Crippen LogP contribution in [0, 0.1) is 6.92 Å². The molecule has 0 radical (unpaired) electrons. The highest BCUT2D eigenvalue weighted by atomic mass is 16.5. The third kappa shape index (κ3) is 4.36. The van der Waals surface area contributed by atoms with Gasteiger partial charge in [-0.05, 0) is 30.5 Å². The van der Waals surface area contributed by atoms with Gasteiger partial charge in [0.2, 0.25) is 0 Å². The first kappa shape index (κ1) is 14.0. The summed E-state index contributed by atoms with van der Waals surface area (Å²) in [6.07, 6.45) is 1.07. The number of hydrogen-bond donors (Lipinski definition) is 1. The minimum Gasteiger partial charge on any atom is -0.496 e. The molecule has 0 aromatic heterocycles. The fourth-order valence-electron chi connectivity index (χ4n) is 1.83. The Kier molecular flexibility index (Phi) is 6.01. The second-order valence-electron chi connectivity index (χ2n) is 4.25. The number of aryl methyl sites for hydroxylation is 1. The normalized spacial score (nSPS) is 12.5. The van der Waals surface area contributed by atoms with Gasteiger partial charge in [-0.2, -0.15) is 0 Å². The summed E-state index contributed by atoms with van der Waals surface area (Å²) >= 11 is 0. The van der Waals surface area contributed by atoms with Crippen LogP contribution in [0.5, 0.6) is 5.75 Å². The Morgan fingerprint density at radius 2 is 2.06 bits per heavy atom. The molecule has 0 fully saturated rings. The first-order chi connectivity index (χ1) is 8.21. The molecule has 1 N–H and O–H groups in total. The molecule has 96 valence electrons. The minimum absolute atomic E-state index is 0.419. The lowest BCUT2D eigenvalue weighted by Crippen LogP contribution is -2.32. The predicted octanol–water partition coefficient (Wildman–Crippen LogP) is 2.52. The lowest BCUT2D eigenvalue weighted by Gasteiger charge is -2.16. The molecular formula is C14H23NO2. The fourth-order valence-corrected chi connectivity index (χ4v) is 1.83. The monoisotopic (exact) mass is 237 g/mol. The van der Waals surface area contributed by atoms with Gasteiger partial charge in [0.05, 0.1) is 13.7 Å². The summed E-state index contributed by atoms with van der Waals surface area (Å²) in [5, 5.41) is 3.49. The average Bonchev–Trinajstić information content (AvgIpc) is 2.34. The number of benzene rings is 1. The van der Waals surface area contributed by atoms with Gasteiger partial charge >= 0.3 is 0 Å². The van der Waals surface area contributed by atoms with Gasteiger partial charge in [-0.25, -0.2) is 0 Å². The second-order valence-corrected chi connectivity index (χ2v) is 4.25. The molecule has 0 saturated heterocycles. The van der Waals surface area contributed by atoms with Crippen LogP contribution in [0.15, 0.2) is 18.2 Å². The zero-order valence-electron chi connectivity index (χ0n) is 11.2. The predicted molar refractivity (Wildman–Crippen MR) is 70.5 cm³/mol. The van der Waals surface area contributed by atoms with E-state index in [1.165, 1.54) is 11.1 Å². The van der Waals surface area contributed by atoms with Gasteiger partial charge in [-0.15, -0.1) is 0 Å². The average molecular weight is 237 g/mol. The van der Waals surface area contributed by atoms with Crippen molar-refractivity contribution in [3.63, 3.8) is 0 Å². The highest BCUT2D eigenvalue weighted by Gasteiger charge is 2.05. The van der Waals surface area contributed by atoms with E-state index in [1.54, 1.807) is 14.2 Å². The number of rotatable bonds is 7. The van der Waals surface area contributed by atoms with Crippen molar-refractivity contribution >= 4 is 0 Å². The molecule has 0 aliphatic carbocycles. The van der Waals surface area contributed by atoms with E-state index in [0.29, 0.717) is 6.04 Å². The van der Waals surface area contributed by atoms with E-state index >= 15 is 0 Å². The Hall–Kier alpha value is -1.06. The van der Waals surface area contributed by atoms with Crippen molar-refractivity contribution in [2.24, 2.45) is 0 Å². The number of hydrogen-bond acceptors (Lipinski definition) is 3. The minimum atomic E-state index is 0.419. The van der Waals surface area contributed by atoms with Crippen molar-refractivity contribution in [3.05, 3.63) is 29.3 Å². The van der Waals surface area contributed by atoms with E-state index in [9.17, 15) is 0 Å². The van der Waals surface area contributed by atoms with Crippen LogP contribution in [0.2, 0.25) is 0 Å². The van der Waals surface area contributed by atoms with Crippen molar-refractivity contribution < 1.29 is 9.47 Å². The Morgan fingerprint density at radius 3 is 2.59 bits per heavy atom. The zero-order chi connectivity index (χ0) is 12.7. The van der Waals surface area contributed by atoms with Crippen LogP contribution in [-0.4, -0.2) is 26.9 Å². The van der Waals surface area contributed by atoms with Crippen LogP contribution in [0.4, 0.5) is 0 Å². The van der Waals surface area contributed by atoms with Crippen molar-refractivity contribution in [2.75, 3.05) is 20.8 Å². The molecule has 1 aromatic carbocycles. The molecule has 3 nitrogen and oxygen atoms in total. The van der Waals surface area contributed by atoms with Gasteiger partial charge < -0.3 is 14.8 Å². The summed E-state index contributed by atoms with van der Waals surface area (Å²) in [7, 11) is 3.44. The molecule has 0 aliphatic heterocycles. The first-order valence-electron chi connectivity index (χ1n) is 6.07. The summed E-state index contributed by atoms with van der Waals surface area (Å²) in [5.74, 6) is 0.942. The van der Waals surface area contributed by atoms with Gasteiger partial charge in [0.15, 0.2) is 0 Å². The smallest absolute Gasteiger partial charge is 0.121 e. The maximum atomic E-state index is 5.24. The Labute approximate surface area is 104 Å². The largest absolute Gasteiger partial charge is 0.496 e. The second kappa shape index (κ2) is 7.30. The third-order valence-electron chi connectivity index (χ3n) is 2.91. The molecule has 0 aliphatic rings. The maximum absolute atomic E-state index is 5.24. The topological polar surface area (TPSA) is 30.5 Å². The summed E-state index contributed by atoms with van der Waals surface area (Å²) in [6, 6.07) is 6.69. The molecule has 1 unspecified atom stereocenters. The zero-order valence-corrected chi connectivity index (χ0v) is 11.2. The number of ether oxygens (including phenoxy) is 2. The van der Waals surface area contributed by atoms with E-state index in [4.69, 9.17) is 9.47 Å². The van der Waals surface area contributed by atoms with E-state index in [0.717, 1.165) is 25.3 Å². The summed E-state index contributed by atoms with van der Waals surface area (Å²) in [4.78, 5) is 0. The number of methoxy groups -OCH3 is 2. The quantitative estimate of drug-likeness (QED) is 0.790. The number of nitrogens with one attached hydrogen (secondary N) is 1. The molecule has 0 bridgehead atoms. The lowest BCUT2D eigenvalue weighted by molar-refractivity contribution is 0.164. The molecule has 17 heavy (non-hydrogen) atoms. The molecule has 1 aromatic rings. The summed E-state index contributed by atoms with van der Waals surface area (Å²) < 4.78 is 10.4. The fraction of sp³-hybridized carbons (Fsp3) is 0.571. The third-order valence-corrected chi connectivity index (χ3v) is 2.91. The Balaban J connectivity index is 2.54. The Bertz CT molecular complexity index is 339. The van der Waals surface area contributed by atoms with Gasteiger partial charge in [-0.1, -0.05) is 19.1 Å². The summed E-state index contributed by atoms with van der Waals surface area (Å²) in [5.41, 5.74) is 2.45. The standard InChI is InChI=1S/C14H23NO2/c1-5-13(10-16-3)15-9-12-6-7-14(17-4)11(2)8-12/h6-8,13,15H,5,9-10H2,1-4H3. The molecule has 1 rings (SSSR count). The van der Waals surface area contributed by atoms with Crippen molar-refractivity contribution in [1.29, 1.82) is 0 Å². The molecule has 1 atom stereocenters. The first-order valence-corrected chi connectivity index (χ1v) is 6.07. The van der Waals surface area contributed by atoms with Crippen LogP contribution in [0.25, 0.3) is 0 Å². The van der Waals surface area contributed by atoms with E-state index in [1.807, 2.05) is 6.07 Å². The highest BCUT2D eigenvalue weighted by molar-refractivity contribution is 5.36. The van der Waals surface area contributed by atoms with Crippen LogP contribution in [0.1, 0.15) is 24.5 Å². The maximum Gasteiger partial charge on any atom is 0.121 e. The molecule has 0 saturated carbocycles. The lowest BCUT2D eigenvalue weighted by atomic mass is 10.1. The van der Waals surface area contributed by atoms with Gasteiger partial charge in [0.1, 0.15) is 5.75 Å². The molecule has 0 spiro atoms. The highest BCUT2D eigenvalue weighted by Crippen LogP contribution is 2.18. The van der Waals surface area contributed by atoms with Crippen LogP contribution in [-0.2, 0) is 11.3 Å². The summed E-state index contributed by atoms with van der Waals surface area (Å²) in [6.45, 7) is 5.85. The van der Waals surface area contributed by atoms with Gasteiger partial charge in [0, 0.05) is 19.7 Å². The SMILES string of the molecule is CCC(COC)NCc1ccc(OC)c(C)c1. The van der Waals surface area contributed by atoms with E-state index in [-0.39, 0.29) is 0 Å². The van der Waals surface area contributed by atoms with Crippen molar-refractivity contribution in [2.45, 2.75) is 32.9 Å². The van der Waals surface area contributed by atoms with Crippen molar-refractivity contribution in [3.8, 4) is 5.75 Å². The molecule has 0 amide bonds. The van der Waals surface area contributed by atoms with Crippen LogP contribution < -0.4 is 10.1 Å². The molecule has 0 heterocycles. The van der Waals surface area contributed by atoms with Crippen LogP contribution >= 0.6 is 0 Å². The van der Waals surface area contributed by atoms with E-state index < -0.39 is 0 Å². The van der Waals surface area contributed by atoms with E-state index in [2.05, 4.69) is 31.3 Å².